The van der Waals surface area contributed by atoms with Crippen LogP contribution in [0.5, 0.6) is 0 Å². The number of halogens is 3. The van der Waals surface area contributed by atoms with Gasteiger partial charge in [0, 0.05) is 17.6 Å². The van der Waals surface area contributed by atoms with Crippen molar-refractivity contribution in [1.82, 2.24) is 5.32 Å². The van der Waals surface area contributed by atoms with Crippen LogP contribution in [0.2, 0.25) is 0 Å². The van der Waals surface area contributed by atoms with Crippen LogP contribution in [0.4, 0.5) is 13.2 Å². The summed E-state index contributed by atoms with van der Waals surface area (Å²) >= 11 is 0. The van der Waals surface area contributed by atoms with Crippen LogP contribution in [0.15, 0.2) is 18.2 Å². The third-order valence-corrected chi connectivity index (χ3v) is 3.68. The molecule has 2 unspecified atom stereocenters. The van der Waals surface area contributed by atoms with Crippen molar-refractivity contribution in [2.24, 2.45) is 5.73 Å². The molecule has 0 aromatic heterocycles. The van der Waals surface area contributed by atoms with Crippen LogP contribution < -0.4 is 11.1 Å². The summed E-state index contributed by atoms with van der Waals surface area (Å²) in [6.07, 6.45) is -1.77. The van der Waals surface area contributed by atoms with Crippen molar-refractivity contribution in [3.8, 4) is 0 Å². The molecule has 0 heterocycles. The van der Waals surface area contributed by atoms with E-state index in [9.17, 15) is 18.0 Å². The Kier molecular flexibility index (Phi) is 4.04. The summed E-state index contributed by atoms with van der Waals surface area (Å²) in [7, 11) is 0. The van der Waals surface area contributed by atoms with Crippen LogP contribution in [-0.4, -0.2) is 18.0 Å². The molecule has 20 heavy (non-hydrogen) atoms. The van der Waals surface area contributed by atoms with Gasteiger partial charge in [-0.25, -0.2) is 0 Å². The molecule has 2 rings (SSSR count). The maximum Gasteiger partial charge on any atom is 0.416 e. The average Bonchev–Trinajstić information content (AvgIpc) is 2.73. The molecule has 1 aliphatic carbocycles. The number of amides is 1. The third-order valence-electron chi connectivity index (χ3n) is 3.68. The van der Waals surface area contributed by atoms with Crippen molar-refractivity contribution < 1.29 is 18.0 Å². The molecule has 0 radical (unpaired) electrons. The fraction of sp³-hybridized carbons (Fsp3) is 0.500. The second kappa shape index (κ2) is 5.44. The van der Waals surface area contributed by atoms with E-state index in [4.69, 9.17) is 5.73 Å². The minimum atomic E-state index is -4.40. The Balaban J connectivity index is 2.14. The minimum Gasteiger partial charge on any atom is -0.348 e. The number of nitrogens with two attached hydrogens (primary N) is 1. The zero-order valence-corrected chi connectivity index (χ0v) is 11.1. The summed E-state index contributed by atoms with van der Waals surface area (Å²) in [6.45, 7) is 1.50. The second-order valence-corrected chi connectivity index (χ2v) is 5.20. The summed E-state index contributed by atoms with van der Waals surface area (Å²) in [5, 5.41) is 2.80. The smallest absolute Gasteiger partial charge is 0.348 e. The molecule has 1 saturated carbocycles. The first-order valence-corrected chi connectivity index (χ1v) is 6.53. The van der Waals surface area contributed by atoms with Crippen LogP contribution >= 0.6 is 0 Å². The zero-order valence-electron chi connectivity index (χ0n) is 11.1. The van der Waals surface area contributed by atoms with Gasteiger partial charge in [-0.2, -0.15) is 13.2 Å². The molecule has 0 aliphatic heterocycles. The van der Waals surface area contributed by atoms with Crippen molar-refractivity contribution in [2.45, 2.75) is 44.4 Å². The van der Waals surface area contributed by atoms with E-state index in [1.165, 1.54) is 13.0 Å². The molecule has 0 bridgehead atoms. The van der Waals surface area contributed by atoms with Gasteiger partial charge < -0.3 is 11.1 Å². The molecule has 1 aromatic rings. The fourth-order valence-corrected chi connectivity index (χ4v) is 2.51. The molecular formula is C14H17F3N2O. The summed E-state index contributed by atoms with van der Waals surface area (Å²) in [4.78, 5) is 12.1. The van der Waals surface area contributed by atoms with Gasteiger partial charge >= 0.3 is 6.18 Å². The largest absolute Gasteiger partial charge is 0.416 e. The van der Waals surface area contributed by atoms with E-state index >= 15 is 0 Å². The topological polar surface area (TPSA) is 55.1 Å². The van der Waals surface area contributed by atoms with Gasteiger partial charge in [0.1, 0.15) is 0 Å². The predicted octanol–water partition coefficient (Wildman–Crippen LogP) is 2.62. The van der Waals surface area contributed by atoms with E-state index in [1.807, 2.05) is 0 Å². The van der Waals surface area contributed by atoms with Gasteiger partial charge in [0.05, 0.1) is 5.56 Å². The van der Waals surface area contributed by atoms with Crippen LogP contribution in [0.3, 0.4) is 0 Å². The lowest BCUT2D eigenvalue weighted by Gasteiger charge is -2.18. The number of carbonyl (C=O) groups is 1. The quantitative estimate of drug-likeness (QED) is 0.878. The molecular weight excluding hydrogens is 269 g/mol. The maximum absolute atomic E-state index is 12.6. The Labute approximate surface area is 115 Å². The summed E-state index contributed by atoms with van der Waals surface area (Å²) < 4.78 is 37.7. The number of rotatable bonds is 2. The van der Waals surface area contributed by atoms with Crippen LogP contribution in [0.1, 0.15) is 40.7 Å². The first-order chi connectivity index (χ1) is 9.29. The molecule has 1 fully saturated rings. The fourth-order valence-electron chi connectivity index (χ4n) is 2.51. The Hall–Kier alpha value is -1.56. The highest BCUT2D eigenvalue weighted by Crippen LogP contribution is 2.30. The first-order valence-electron chi connectivity index (χ1n) is 6.53. The van der Waals surface area contributed by atoms with Gasteiger partial charge in [-0.1, -0.05) is 0 Å². The SMILES string of the molecule is Cc1cc(C(F)(F)F)ccc1C(=O)NC1CCCC1N. The summed E-state index contributed by atoms with van der Waals surface area (Å²) in [5.74, 6) is -0.362. The number of alkyl halides is 3. The monoisotopic (exact) mass is 286 g/mol. The molecule has 3 N–H and O–H groups in total. The second-order valence-electron chi connectivity index (χ2n) is 5.20. The standard InChI is InChI=1S/C14H17F3N2O/c1-8-7-9(14(15,16)17)5-6-10(8)13(20)19-12-4-2-3-11(12)18/h5-7,11-12H,2-4,18H2,1H3,(H,19,20). The van der Waals surface area contributed by atoms with Gasteiger partial charge in [-0.15, -0.1) is 0 Å². The van der Waals surface area contributed by atoms with Crippen molar-refractivity contribution >= 4 is 5.91 Å². The minimum absolute atomic E-state index is 0.0753. The van der Waals surface area contributed by atoms with Gasteiger partial charge in [-0.05, 0) is 49.9 Å². The maximum atomic E-state index is 12.6. The Morgan fingerprint density at radius 3 is 2.55 bits per heavy atom. The Morgan fingerprint density at radius 1 is 1.35 bits per heavy atom. The van der Waals surface area contributed by atoms with Crippen LogP contribution in [0.25, 0.3) is 0 Å². The van der Waals surface area contributed by atoms with E-state index in [2.05, 4.69) is 5.32 Å². The van der Waals surface area contributed by atoms with Crippen molar-refractivity contribution in [2.75, 3.05) is 0 Å². The molecule has 2 atom stereocenters. The lowest BCUT2D eigenvalue weighted by Crippen LogP contribution is -2.44. The van der Waals surface area contributed by atoms with Crippen LogP contribution in [0, 0.1) is 6.92 Å². The summed E-state index contributed by atoms with van der Waals surface area (Å²) in [5.41, 5.74) is 5.69. The zero-order chi connectivity index (χ0) is 14.9. The Bertz CT molecular complexity index is 514. The van der Waals surface area contributed by atoms with E-state index in [-0.39, 0.29) is 23.6 Å². The Morgan fingerprint density at radius 2 is 2.05 bits per heavy atom. The highest BCUT2D eigenvalue weighted by Gasteiger charge is 2.31. The first kappa shape index (κ1) is 14.8. The van der Waals surface area contributed by atoms with Gasteiger partial charge in [-0.3, -0.25) is 4.79 Å². The van der Waals surface area contributed by atoms with Gasteiger partial charge in [0.25, 0.3) is 5.91 Å². The van der Waals surface area contributed by atoms with Gasteiger partial charge in [0.2, 0.25) is 0 Å². The molecule has 1 amide bonds. The van der Waals surface area contributed by atoms with E-state index in [1.54, 1.807) is 0 Å². The molecule has 1 aliphatic rings. The lowest BCUT2D eigenvalue weighted by atomic mass is 10.0. The normalized spacial score (nSPS) is 22.9. The molecule has 0 saturated heterocycles. The average molecular weight is 286 g/mol. The number of nitrogens with one attached hydrogen (secondary N) is 1. The highest BCUT2D eigenvalue weighted by atomic mass is 19.4. The molecule has 1 aromatic carbocycles. The number of aryl methyl sites for hydroxylation is 1. The van der Waals surface area contributed by atoms with Gasteiger partial charge in [0.15, 0.2) is 0 Å². The van der Waals surface area contributed by atoms with E-state index in [0.717, 1.165) is 31.4 Å². The van der Waals surface area contributed by atoms with Crippen molar-refractivity contribution in [1.29, 1.82) is 0 Å². The highest BCUT2D eigenvalue weighted by molar-refractivity contribution is 5.96. The summed E-state index contributed by atoms with van der Waals surface area (Å²) in [6, 6.07) is 2.96. The van der Waals surface area contributed by atoms with Crippen LogP contribution in [-0.2, 0) is 6.18 Å². The predicted molar refractivity (Wildman–Crippen MR) is 69.3 cm³/mol. The number of benzene rings is 1. The molecule has 3 nitrogen and oxygen atoms in total. The van der Waals surface area contributed by atoms with E-state index < -0.39 is 11.7 Å². The van der Waals surface area contributed by atoms with Crippen molar-refractivity contribution in [3.63, 3.8) is 0 Å². The molecule has 6 heteroatoms. The number of hydrogen-bond acceptors (Lipinski definition) is 2. The number of hydrogen-bond donors (Lipinski definition) is 2. The van der Waals surface area contributed by atoms with Crippen molar-refractivity contribution in [3.05, 3.63) is 34.9 Å². The lowest BCUT2D eigenvalue weighted by molar-refractivity contribution is -0.137. The van der Waals surface area contributed by atoms with E-state index in [0.29, 0.717) is 5.56 Å². The number of carbonyl (C=O) groups excluding carboxylic acids is 1. The molecule has 0 spiro atoms. The molecule has 110 valence electrons. The third kappa shape index (κ3) is 3.12.